The number of rotatable bonds is 8. The van der Waals surface area contributed by atoms with Crippen LogP contribution in [0.2, 0.25) is 0 Å². The lowest BCUT2D eigenvalue weighted by Crippen LogP contribution is -2.17. The van der Waals surface area contributed by atoms with Crippen molar-refractivity contribution in [3.05, 3.63) is 39.9 Å². The lowest BCUT2D eigenvalue weighted by atomic mass is 10.2. The van der Waals surface area contributed by atoms with Crippen molar-refractivity contribution in [3.8, 4) is 0 Å². The van der Waals surface area contributed by atoms with Crippen molar-refractivity contribution in [2.24, 2.45) is 5.10 Å². The average Bonchev–Trinajstić information content (AvgIpc) is 2.46. The molecule has 0 saturated carbocycles. The molecule has 1 rings (SSSR count). The molecule has 0 unspecified atom stereocenters. The van der Waals surface area contributed by atoms with Crippen LogP contribution in [0, 0.1) is 10.1 Å². The Bertz CT molecular complexity index is 469. The maximum atomic E-state index is 11.7. The monoisotopic (exact) mass is 277 g/mol. The van der Waals surface area contributed by atoms with Crippen LogP contribution in [0.25, 0.3) is 0 Å². The maximum absolute atomic E-state index is 11.7. The molecular weight excluding hydrogens is 258 g/mol. The first-order valence-electron chi connectivity index (χ1n) is 6.71. The number of nitrogens with one attached hydrogen (secondary N) is 1. The molecule has 0 aliphatic rings. The van der Waals surface area contributed by atoms with Gasteiger partial charge in [-0.05, 0) is 25.0 Å². The van der Waals surface area contributed by atoms with Gasteiger partial charge in [-0.2, -0.15) is 5.10 Å². The molecule has 6 nitrogen and oxygen atoms in total. The van der Waals surface area contributed by atoms with Crippen LogP contribution in [0.1, 0.15) is 49.4 Å². The third-order valence-electron chi connectivity index (χ3n) is 2.78. The van der Waals surface area contributed by atoms with Crippen LogP contribution in [-0.4, -0.2) is 17.0 Å². The Balaban J connectivity index is 2.35. The minimum atomic E-state index is -0.504. The topological polar surface area (TPSA) is 84.6 Å². The molecule has 6 heteroatoms. The summed E-state index contributed by atoms with van der Waals surface area (Å²) in [5.41, 5.74) is 2.70. The van der Waals surface area contributed by atoms with Gasteiger partial charge in [0.2, 0.25) is 0 Å². The number of nitro benzene ring substituents is 1. The van der Waals surface area contributed by atoms with Gasteiger partial charge < -0.3 is 0 Å². The van der Waals surface area contributed by atoms with E-state index in [2.05, 4.69) is 17.5 Å². The van der Waals surface area contributed by atoms with Crippen molar-refractivity contribution < 1.29 is 9.72 Å². The molecule has 0 fully saturated rings. The van der Waals surface area contributed by atoms with E-state index in [1.54, 1.807) is 6.21 Å². The third-order valence-corrected chi connectivity index (χ3v) is 2.78. The van der Waals surface area contributed by atoms with E-state index in [1.807, 2.05) is 0 Å². The SMILES string of the molecule is CCCCCCC=NNC(=O)c1ccc([N+](=O)[O-])cc1. The summed E-state index contributed by atoms with van der Waals surface area (Å²) in [6, 6.07) is 5.40. The summed E-state index contributed by atoms with van der Waals surface area (Å²) in [5.74, 6) is -0.371. The van der Waals surface area contributed by atoms with Crippen LogP contribution >= 0.6 is 0 Å². The highest BCUT2D eigenvalue weighted by Gasteiger charge is 2.08. The Labute approximate surface area is 118 Å². The number of non-ortho nitro benzene ring substituents is 1. The summed E-state index contributed by atoms with van der Waals surface area (Å²) in [5, 5.41) is 14.3. The van der Waals surface area contributed by atoms with Crippen molar-refractivity contribution in [2.75, 3.05) is 0 Å². The minimum Gasteiger partial charge on any atom is -0.267 e. The molecule has 1 amide bonds. The molecule has 108 valence electrons. The number of benzene rings is 1. The molecule has 0 spiro atoms. The molecule has 1 aromatic rings. The Hall–Kier alpha value is -2.24. The zero-order valence-corrected chi connectivity index (χ0v) is 11.5. The largest absolute Gasteiger partial charge is 0.271 e. The highest BCUT2D eigenvalue weighted by Crippen LogP contribution is 2.11. The van der Waals surface area contributed by atoms with E-state index < -0.39 is 4.92 Å². The number of unbranched alkanes of at least 4 members (excludes halogenated alkanes) is 4. The van der Waals surface area contributed by atoms with Crippen molar-refractivity contribution in [3.63, 3.8) is 0 Å². The fourth-order valence-electron chi connectivity index (χ4n) is 1.63. The second-order valence-electron chi connectivity index (χ2n) is 4.41. The molecule has 1 aromatic carbocycles. The second kappa shape index (κ2) is 8.79. The molecule has 1 N–H and O–H groups in total. The number of hydrogen-bond donors (Lipinski definition) is 1. The fraction of sp³-hybridized carbons (Fsp3) is 0.429. The van der Waals surface area contributed by atoms with E-state index in [1.165, 1.54) is 43.5 Å². The molecule has 0 radical (unpaired) electrons. The van der Waals surface area contributed by atoms with Crippen LogP contribution < -0.4 is 5.43 Å². The number of amides is 1. The first kappa shape index (κ1) is 15.8. The van der Waals surface area contributed by atoms with Crippen LogP contribution in [0.3, 0.4) is 0 Å². The standard InChI is InChI=1S/C14H19N3O3/c1-2-3-4-5-6-11-15-16-14(18)12-7-9-13(10-8-12)17(19)20/h7-11H,2-6H2,1H3,(H,16,18). The zero-order valence-electron chi connectivity index (χ0n) is 11.5. The summed E-state index contributed by atoms with van der Waals surface area (Å²) < 4.78 is 0. The van der Waals surface area contributed by atoms with Crippen LogP contribution in [0.15, 0.2) is 29.4 Å². The first-order valence-corrected chi connectivity index (χ1v) is 6.71. The molecule has 20 heavy (non-hydrogen) atoms. The van der Waals surface area contributed by atoms with Crippen molar-refractivity contribution in [2.45, 2.75) is 39.0 Å². The van der Waals surface area contributed by atoms with Gasteiger partial charge in [-0.25, -0.2) is 5.43 Å². The number of hydrogen-bond acceptors (Lipinski definition) is 4. The van der Waals surface area contributed by atoms with Gasteiger partial charge in [-0.3, -0.25) is 14.9 Å². The molecule has 0 heterocycles. The van der Waals surface area contributed by atoms with E-state index in [0.717, 1.165) is 12.8 Å². The lowest BCUT2D eigenvalue weighted by Gasteiger charge is -1.99. The van der Waals surface area contributed by atoms with Gasteiger partial charge in [0.1, 0.15) is 0 Å². The first-order chi connectivity index (χ1) is 9.65. The van der Waals surface area contributed by atoms with Gasteiger partial charge in [0.05, 0.1) is 4.92 Å². The quantitative estimate of drug-likeness (QED) is 0.342. The second-order valence-corrected chi connectivity index (χ2v) is 4.41. The predicted molar refractivity (Wildman–Crippen MR) is 77.8 cm³/mol. The summed E-state index contributed by atoms with van der Waals surface area (Å²) >= 11 is 0. The molecule has 0 aliphatic carbocycles. The van der Waals surface area contributed by atoms with E-state index >= 15 is 0 Å². The van der Waals surface area contributed by atoms with E-state index in [-0.39, 0.29) is 11.6 Å². The molecule has 0 atom stereocenters. The van der Waals surface area contributed by atoms with Crippen molar-refractivity contribution in [1.29, 1.82) is 0 Å². The van der Waals surface area contributed by atoms with Crippen LogP contribution in [0.4, 0.5) is 5.69 Å². The lowest BCUT2D eigenvalue weighted by molar-refractivity contribution is -0.384. The summed E-state index contributed by atoms with van der Waals surface area (Å²) in [6.07, 6.45) is 7.14. The van der Waals surface area contributed by atoms with Crippen molar-refractivity contribution >= 4 is 17.8 Å². The van der Waals surface area contributed by atoms with Gasteiger partial charge in [0.15, 0.2) is 0 Å². The number of nitrogens with zero attached hydrogens (tertiary/aromatic N) is 2. The average molecular weight is 277 g/mol. The van der Waals surface area contributed by atoms with E-state index in [0.29, 0.717) is 5.56 Å². The van der Waals surface area contributed by atoms with Crippen molar-refractivity contribution in [1.82, 2.24) is 5.43 Å². The third kappa shape index (κ3) is 5.60. The minimum absolute atomic E-state index is 0.0408. The predicted octanol–water partition coefficient (Wildman–Crippen LogP) is 3.28. The Morgan fingerprint density at radius 3 is 2.60 bits per heavy atom. The zero-order chi connectivity index (χ0) is 14.8. The molecule has 0 aromatic heterocycles. The fourth-order valence-corrected chi connectivity index (χ4v) is 1.63. The Morgan fingerprint density at radius 2 is 2.00 bits per heavy atom. The number of nitro groups is 1. The smallest absolute Gasteiger partial charge is 0.267 e. The Kier molecular flexibility index (Phi) is 6.95. The van der Waals surface area contributed by atoms with Crippen LogP contribution in [0.5, 0.6) is 0 Å². The molecule has 0 bridgehead atoms. The normalized spacial score (nSPS) is 10.7. The van der Waals surface area contributed by atoms with Gasteiger partial charge in [-0.15, -0.1) is 0 Å². The molecule has 0 aliphatic heterocycles. The van der Waals surface area contributed by atoms with E-state index in [9.17, 15) is 14.9 Å². The number of carbonyl (C=O) groups is 1. The highest BCUT2D eigenvalue weighted by atomic mass is 16.6. The van der Waals surface area contributed by atoms with Gasteiger partial charge in [0, 0.05) is 23.9 Å². The van der Waals surface area contributed by atoms with Gasteiger partial charge >= 0.3 is 0 Å². The van der Waals surface area contributed by atoms with Gasteiger partial charge in [-0.1, -0.05) is 26.2 Å². The number of carbonyl (C=O) groups excluding carboxylic acids is 1. The van der Waals surface area contributed by atoms with E-state index in [4.69, 9.17) is 0 Å². The highest BCUT2D eigenvalue weighted by molar-refractivity contribution is 5.94. The number of hydrazone groups is 1. The molecule has 0 saturated heterocycles. The molecular formula is C14H19N3O3. The van der Waals surface area contributed by atoms with Gasteiger partial charge in [0.25, 0.3) is 11.6 Å². The van der Waals surface area contributed by atoms with Crippen LogP contribution in [-0.2, 0) is 0 Å². The maximum Gasteiger partial charge on any atom is 0.271 e. The summed E-state index contributed by atoms with van der Waals surface area (Å²) in [4.78, 5) is 21.6. The Morgan fingerprint density at radius 1 is 1.30 bits per heavy atom. The summed E-state index contributed by atoms with van der Waals surface area (Å²) in [7, 11) is 0. The summed E-state index contributed by atoms with van der Waals surface area (Å²) in [6.45, 7) is 2.15.